The minimum Gasteiger partial charge on any atom is -0.483 e. The maximum absolute atomic E-state index is 13.8. The minimum atomic E-state index is -0.817. The number of benzene rings is 2. The molecule has 0 fully saturated rings. The van der Waals surface area contributed by atoms with Crippen molar-refractivity contribution in [1.82, 2.24) is 4.57 Å². The Morgan fingerprint density at radius 1 is 1.16 bits per heavy atom. The van der Waals surface area contributed by atoms with E-state index in [0.717, 1.165) is 17.7 Å². The highest BCUT2D eigenvalue weighted by atomic mass is 32.1. The summed E-state index contributed by atoms with van der Waals surface area (Å²) in [6, 6.07) is 14.8. The number of halogens is 2. The van der Waals surface area contributed by atoms with Crippen LogP contribution in [0.4, 0.5) is 8.78 Å². The van der Waals surface area contributed by atoms with Gasteiger partial charge in [-0.25, -0.2) is 18.6 Å². The fourth-order valence-corrected chi connectivity index (χ4v) is 5.09. The van der Waals surface area contributed by atoms with E-state index in [4.69, 9.17) is 13.9 Å². The van der Waals surface area contributed by atoms with Crippen LogP contribution in [0.2, 0.25) is 0 Å². The summed E-state index contributed by atoms with van der Waals surface area (Å²) in [7, 11) is 1.29. The van der Waals surface area contributed by atoms with Gasteiger partial charge < -0.3 is 13.9 Å². The first-order valence-electron chi connectivity index (χ1n) is 11.2. The molecular weight excluding hydrogens is 502 g/mol. The van der Waals surface area contributed by atoms with Crippen molar-refractivity contribution in [1.29, 1.82) is 0 Å². The topological polar surface area (TPSA) is 83.0 Å². The molecule has 0 saturated carbocycles. The van der Waals surface area contributed by atoms with E-state index in [-0.39, 0.29) is 23.5 Å². The van der Waals surface area contributed by atoms with Gasteiger partial charge in [-0.3, -0.25) is 9.36 Å². The zero-order valence-corrected chi connectivity index (χ0v) is 20.6. The lowest BCUT2D eigenvalue weighted by Gasteiger charge is -2.24. The molecule has 2 aromatic heterocycles. The average molecular weight is 523 g/mol. The summed E-state index contributed by atoms with van der Waals surface area (Å²) in [5, 5.41) is 0. The number of rotatable bonds is 6. The second-order valence-electron chi connectivity index (χ2n) is 8.15. The van der Waals surface area contributed by atoms with Gasteiger partial charge in [0, 0.05) is 12.1 Å². The van der Waals surface area contributed by atoms with Gasteiger partial charge in [0.15, 0.2) is 16.4 Å². The molecule has 0 N–H and O–H groups in total. The first-order chi connectivity index (χ1) is 17.9. The number of carbonyl (C=O) groups is 1. The molecule has 188 valence electrons. The standard InChI is InChI=1S/C27H20F2N2O5S/c1-15-23(26(33)34-2)24(16-6-4-3-5-7-16)31-25(32)22(37-27(31)30-15)13-18-9-10-19(36-18)14-35-21-11-8-17(28)12-20(21)29/h3-13,24H,14H2,1-2H3/b22-13+/t24-/m0/s1. The van der Waals surface area contributed by atoms with Crippen LogP contribution in [0, 0.1) is 11.6 Å². The number of hydrogen-bond acceptors (Lipinski definition) is 7. The monoisotopic (exact) mass is 522 g/mol. The van der Waals surface area contributed by atoms with Crippen LogP contribution < -0.4 is 19.6 Å². The average Bonchev–Trinajstić information content (AvgIpc) is 3.46. The maximum Gasteiger partial charge on any atom is 0.338 e. The van der Waals surface area contributed by atoms with Gasteiger partial charge >= 0.3 is 5.97 Å². The third-order valence-corrected chi connectivity index (χ3v) is 6.74. The smallest absolute Gasteiger partial charge is 0.338 e. The number of allylic oxidation sites excluding steroid dienone is 1. The summed E-state index contributed by atoms with van der Waals surface area (Å²) < 4.78 is 44.8. The Morgan fingerprint density at radius 2 is 1.95 bits per heavy atom. The fourth-order valence-electron chi connectivity index (χ4n) is 4.06. The van der Waals surface area contributed by atoms with E-state index < -0.39 is 23.6 Å². The summed E-state index contributed by atoms with van der Waals surface area (Å²) in [4.78, 5) is 31.1. The molecule has 0 amide bonds. The van der Waals surface area contributed by atoms with E-state index in [1.807, 2.05) is 30.3 Å². The quantitative estimate of drug-likeness (QED) is 0.359. The first kappa shape index (κ1) is 24.4. The van der Waals surface area contributed by atoms with Gasteiger partial charge in [0.1, 0.15) is 23.9 Å². The van der Waals surface area contributed by atoms with E-state index >= 15 is 0 Å². The Balaban J connectivity index is 1.49. The number of ether oxygens (including phenoxy) is 2. The molecule has 10 heteroatoms. The van der Waals surface area contributed by atoms with Crippen molar-refractivity contribution < 1.29 is 27.5 Å². The van der Waals surface area contributed by atoms with Crippen LogP contribution in [-0.4, -0.2) is 17.6 Å². The van der Waals surface area contributed by atoms with Crippen molar-refractivity contribution in [2.75, 3.05) is 7.11 Å². The molecule has 0 saturated heterocycles. The Labute approximate surface area is 213 Å². The second kappa shape index (κ2) is 9.98. The van der Waals surface area contributed by atoms with Gasteiger partial charge in [-0.15, -0.1) is 0 Å². The number of aromatic nitrogens is 1. The highest BCUT2D eigenvalue weighted by Crippen LogP contribution is 2.30. The molecule has 3 heterocycles. The summed E-state index contributed by atoms with van der Waals surface area (Å²) in [5.41, 5.74) is 1.17. The fraction of sp³-hybridized carbons (Fsp3) is 0.148. The zero-order chi connectivity index (χ0) is 26.1. The normalized spacial score (nSPS) is 15.4. The molecule has 0 radical (unpaired) electrons. The summed E-state index contributed by atoms with van der Waals surface area (Å²) in [6.45, 7) is 1.62. The molecule has 5 rings (SSSR count). The molecule has 2 aromatic carbocycles. The van der Waals surface area contributed by atoms with Crippen LogP contribution in [0.1, 0.15) is 30.0 Å². The van der Waals surface area contributed by atoms with Gasteiger partial charge in [0.05, 0.1) is 29.0 Å². The third-order valence-electron chi connectivity index (χ3n) is 5.76. The molecule has 4 aromatic rings. The number of fused-ring (bicyclic) bond motifs is 1. The van der Waals surface area contributed by atoms with Crippen molar-refractivity contribution in [3.8, 4) is 5.75 Å². The molecule has 1 aliphatic rings. The maximum atomic E-state index is 13.8. The van der Waals surface area contributed by atoms with E-state index in [1.165, 1.54) is 29.1 Å². The lowest BCUT2D eigenvalue weighted by atomic mass is 9.96. The van der Waals surface area contributed by atoms with Crippen LogP contribution >= 0.6 is 11.3 Å². The number of esters is 1. The molecule has 0 aliphatic carbocycles. The number of furan rings is 1. The first-order valence-corrected chi connectivity index (χ1v) is 12.0. The SMILES string of the molecule is COC(=O)C1=C(C)N=c2s/c(=C/c3ccc(COc4ccc(F)cc4F)o3)c(=O)n2[C@H]1c1ccccc1. The lowest BCUT2D eigenvalue weighted by Crippen LogP contribution is -2.39. The Bertz CT molecular complexity index is 1700. The largest absolute Gasteiger partial charge is 0.483 e. The summed E-state index contributed by atoms with van der Waals surface area (Å²) in [5.74, 6) is -1.42. The minimum absolute atomic E-state index is 0.0899. The second-order valence-corrected chi connectivity index (χ2v) is 9.16. The van der Waals surface area contributed by atoms with Crippen molar-refractivity contribution in [3.63, 3.8) is 0 Å². The molecule has 1 atom stereocenters. The molecule has 0 spiro atoms. The molecule has 0 bridgehead atoms. The Hall–Kier alpha value is -4.31. The van der Waals surface area contributed by atoms with Gasteiger partial charge in [-0.2, -0.15) is 0 Å². The van der Waals surface area contributed by atoms with Crippen molar-refractivity contribution in [3.05, 3.63) is 120 Å². The van der Waals surface area contributed by atoms with Gasteiger partial charge in [0.2, 0.25) is 0 Å². The van der Waals surface area contributed by atoms with Crippen LogP contribution in [0.15, 0.2) is 86.1 Å². The highest BCUT2D eigenvalue weighted by molar-refractivity contribution is 7.07. The molecule has 7 nitrogen and oxygen atoms in total. The summed E-state index contributed by atoms with van der Waals surface area (Å²) >= 11 is 1.17. The van der Waals surface area contributed by atoms with Crippen molar-refractivity contribution >= 4 is 23.4 Å². The van der Waals surface area contributed by atoms with Gasteiger partial charge in [-0.1, -0.05) is 41.7 Å². The molecule has 37 heavy (non-hydrogen) atoms. The van der Waals surface area contributed by atoms with Gasteiger partial charge in [0.25, 0.3) is 5.56 Å². The van der Waals surface area contributed by atoms with E-state index in [1.54, 1.807) is 25.1 Å². The number of thiazole rings is 1. The molecule has 0 unspecified atom stereocenters. The van der Waals surface area contributed by atoms with Crippen LogP contribution in [0.5, 0.6) is 5.75 Å². The van der Waals surface area contributed by atoms with E-state index in [9.17, 15) is 18.4 Å². The predicted octanol–water partition coefficient (Wildman–Crippen LogP) is 3.86. The number of methoxy groups -OCH3 is 1. The van der Waals surface area contributed by atoms with Crippen molar-refractivity contribution in [2.45, 2.75) is 19.6 Å². The highest BCUT2D eigenvalue weighted by Gasteiger charge is 2.32. The summed E-state index contributed by atoms with van der Waals surface area (Å²) in [6.07, 6.45) is 1.57. The Morgan fingerprint density at radius 3 is 2.68 bits per heavy atom. The zero-order valence-electron chi connectivity index (χ0n) is 19.7. The lowest BCUT2D eigenvalue weighted by molar-refractivity contribution is -0.136. The van der Waals surface area contributed by atoms with Gasteiger partial charge in [-0.05, 0) is 36.8 Å². The third kappa shape index (κ3) is 4.75. The van der Waals surface area contributed by atoms with Crippen molar-refractivity contribution in [2.24, 2.45) is 4.99 Å². The van der Waals surface area contributed by atoms with E-state index in [0.29, 0.717) is 26.6 Å². The molecular formula is C27H20F2N2O5S. The van der Waals surface area contributed by atoms with Crippen LogP contribution in [-0.2, 0) is 16.1 Å². The number of hydrogen-bond donors (Lipinski definition) is 0. The van der Waals surface area contributed by atoms with E-state index in [2.05, 4.69) is 4.99 Å². The Kier molecular flexibility index (Phi) is 6.58. The molecule has 1 aliphatic heterocycles. The van der Waals surface area contributed by atoms with Crippen LogP contribution in [0.25, 0.3) is 6.08 Å². The number of nitrogens with zero attached hydrogens (tertiary/aromatic N) is 2. The predicted molar refractivity (Wildman–Crippen MR) is 132 cm³/mol. The number of carbonyl (C=O) groups excluding carboxylic acids is 1. The van der Waals surface area contributed by atoms with Crippen LogP contribution in [0.3, 0.4) is 0 Å².